The third kappa shape index (κ3) is 3.46. The fourth-order valence-corrected chi connectivity index (χ4v) is 1.46. The fraction of sp³-hybridized carbons (Fsp3) is 0.167. The van der Waals surface area contributed by atoms with Crippen LogP contribution in [0.2, 0.25) is 0 Å². The lowest BCUT2D eigenvalue weighted by atomic mass is 10.1. The molecule has 1 aromatic carbocycles. The Kier molecular flexibility index (Phi) is 4.64. The first kappa shape index (κ1) is 15.0. The van der Waals surface area contributed by atoms with Crippen molar-refractivity contribution in [2.75, 3.05) is 5.32 Å². The van der Waals surface area contributed by atoms with Gasteiger partial charge in [0.25, 0.3) is 5.69 Å². The maximum absolute atomic E-state index is 11.0. The van der Waals surface area contributed by atoms with Gasteiger partial charge in [0.2, 0.25) is 5.91 Å². The van der Waals surface area contributed by atoms with Crippen LogP contribution in [-0.4, -0.2) is 27.9 Å². The standard InChI is InChI=1S/C12H11N3O5/c1-2-3-9(12(17)18)14-8-5-4-7(11(13)16)6-10(8)15(19)20/h1,4-6,9,14H,3H2,(H2,13,16)(H,17,18). The summed E-state index contributed by atoms with van der Waals surface area (Å²) >= 11 is 0. The third-order valence-corrected chi connectivity index (χ3v) is 2.43. The smallest absolute Gasteiger partial charge is 0.327 e. The first-order chi connectivity index (χ1) is 9.36. The molecule has 4 N–H and O–H groups in total. The number of hydrogen-bond donors (Lipinski definition) is 3. The highest BCUT2D eigenvalue weighted by Crippen LogP contribution is 2.26. The zero-order chi connectivity index (χ0) is 15.3. The van der Waals surface area contributed by atoms with Crippen molar-refractivity contribution in [2.24, 2.45) is 5.73 Å². The number of primary amides is 1. The maximum atomic E-state index is 11.0. The molecule has 1 aromatic rings. The normalized spacial score (nSPS) is 11.2. The summed E-state index contributed by atoms with van der Waals surface area (Å²) in [4.78, 5) is 32.1. The Balaban J connectivity index is 3.17. The Hall–Kier alpha value is -3.08. The molecule has 0 aliphatic carbocycles. The number of anilines is 1. The summed E-state index contributed by atoms with van der Waals surface area (Å²) in [7, 11) is 0. The molecule has 1 atom stereocenters. The molecule has 0 fully saturated rings. The van der Waals surface area contributed by atoms with Gasteiger partial charge in [-0.05, 0) is 12.1 Å². The lowest BCUT2D eigenvalue weighted by Gasteiger charge is -2.13. The molecule has 104 valence electrons. The van der Waals surface area contributed by atoms with E-state index in [1.807, 2.05) is 0 Å². The van der Waals surface area contributed by atoms with E-state index in [0.717, 1.165) is 6.07 Å². The number of carbonyl (C=O) groups excluding carboxylic acids is 1. The minimum Gasteiger partial charge on any atom is -0.480 e. The highest BCUT2D eigenvalue weighted by Gasteiger charge is 2.22. The molecule has 0 saturated heterocycles. The number of benzene rings is 1. The quantitative estimate of drug-likeness (QED) is 0.395. The fourth-order valence-electron chi connectivity index (χ4n) is 1.46. The summed E-state index contributed by atoms with van der Waals surface area (Å²) in [6, 6.07) is 2.27. The van der Waals surface area contributed by atoms with Crippen LogP contribution in [-0.2, 0) is 4.79 Å². The van der Waals surface area contributed by atoms with E-state index in [-0.39, 0.29) is 17.7 Å². The van der Waals surface area contributed by atoms with Crippen LogP contribution in [0.1, 0.15) is 16.8 Å². The zero-order valence-corrected chi connectivity index (χ0v) is 10.2. The molecule has 0 aliphatic rings. The molecule has 8 nitrogen and oxygen atoms in total. The zero-order valence-electron chi connectivity index (χ0n) is 10.2. The van der Waals surface area contributed by atoms with Gasteiger partial charge in [0, 0.05) is 18.1 Å². The highest BCUT2D eigenvalue weighted by atomic mass is 16.6. The average molecular weight is 277 g/mol. The van der Waals surface area contributed by atoms with Crippen molar-refractivity contribution in [1.82, 2.24) is 0 Å². The molecule has 1 unspecified atom stereocenters. The molecule has 0 spiro atoms. The van der Waals surface area contributed by atoms with E-state index in [1.54, 1.807) is 0 Å². The summed E-state index contributed by atoms with van der Waals surface area (Å²) in [5, 5.41) is 22.3. The minimum atomic E-state index is -1.24. The number of nitrogens with one attached hydrogen (secondary N) is 1. The molecule has 0 saturated carbocycles. The lowest BCUT2D eigenvalue weighted by Crippen LogP contribution is -2.29. The van der Waals surface area contributed by atoms with E-state index in [0.29, 0.717) is 0 Å². The summed E-state index contributed by atoms with van der Waals surface area (Å²) in [5.74, 6) is 0.0995. The molecule has 8 heteroatoms. The van der Waals surface area contributed by atoms with Gasteiger partial charge < -0.3 is 16.2 Å². The van der Waals surface area contributed by atoms with Crippen molar-refractivity contribution in [3.63, 3.8) is 0 Å². The predicted octanol–water partition coefficient (Wildman–Crippen LogP) is 0.582. The van der Waals surface area contributed by atoms with Gasteiger partial charge in [-0.15, -0.1) is 12.3 Å². The number of carbonyl (C=O) groups is 2. The Morgan fingerprint density at radius 3 is 2.65 bits per heavy atom. The molecule has 0 aliphatic heterocycles. The Morgan fingerprint density at radius 2 is 2.20 bits per heavy atom. The second-order valence-electron chi connectivity index (χ2n) is 3.80. The van der Waals surface area contributed by atoms with Crippen molar-refractivity contribution in [3.8, 4) is 12.3 Å². The summed E-state index contributed by atoms with van der Waals surface area (Å²) in [6.45, 7) is 0. The number of nitrogens with zero attached hydrogens (tertiary/aromatic N) is 1. The van der Waals surface area contributed by atoms with Gasteiger partial charge >= 0.3 is 5.97 Å². The van der Waals surface area contributed by atoms with E-state index in [9.17, 15) is 19.7 Å². The number of carboxylic acid groups (broad SMARTS) is 1. The minimum absolute atomic E-state index is 0.0499. The SMILES string of the molecule is C#CCC(Nc1ccc(C(N)=O)cc1[N+](=O)[O-])C(=O)O. The first-order valence-electron chi connectivity index (χ1n) is 5.38. The number of nitro groups is 1. The topological polar surface area (TPSA) is 136 Å². The van der Waals surface area contributed by atoms with Gasteiger partial charge in [0.15, 0.2) is 0 Å². The monoisotopic (exact) mass is 277 g/mol. The third-order valence-electron chi connectivity index (χ3n) is 2.43. The molecular formula is C12H11N3O5. The average Bonchev–Trinajstić information content (AvgIpc) is 2.37. The van der Waals surface area contributed by atoms with E-state index < -0.39 is 28.5 Å². The van der Waals surface area contributed by atoms with Crippen LogP contribution in [0, 0.1) is 22.5 Å². The van der Waals surface area contributed by atoms with Crippen LogP contribution >= 0.6 is 0 Å². The van der Waals surface area contributed by atoms with Crippen LogP contribution in [0.15, 0.2) is 18.2 Å². The number of nitrogens with two attached hydrogens (primary N) is 1. The van der Waals surface area contributed by atoms with Crippen molar-refractivity contribution in [1.29, 1.82) is 0 Å². The van der Waals surface area contributed by atoms with Crippen LogP contribution in [0.4, 0.5) is 11.4 Å². The van der Waals surface area contributed by atoms with Gasteiger partial charge in [-0.3, -0.25) is 14.9 Å². The maximum Gasteiger partial charge on any atom is 0.327 e. The van der Waals surface area contributed by atoms with Gasteiger partial charge in [-0.2, -0.15) is 0 Å². The van der Waals surface area contributed by atoms with Crippen molar-refractivity contribution in [2.45, 2.75) is 12.5 Å². The van der Waals surface area contributed by atoms with E-state index in [2.05, 4.69) is 11.2 Å². The molecule has 1 amide bonds. The number of nitro benzene ring substituents is 1. The van der Waals surface area contributed by atoms with E-state index in [4.69, 9.17) is 17.3 Å². The molecule has 0 heterocycles. The second kappa shape index (κ2) is 6.19. The number of hydrogen-bond acceptors (Lipinski definition) is 5. The lowest BCUT2D eigenvalue weighted by molar-refractivity contribution is -0.384. The number of aliphatic carboxylic acids is 1. The summed E-state index contributed by atoms with van der Waals surface area (Å²) in [5.41, 5.74) is 4.47. The molecule has 0 radical (unpaired) electrons. The van der Waals surface area contributed by atoms with Crippen molar-refractivity contribution >= 4 is 23.3 Å². The molecular weight excluding hydrogens is 266 g/mol. The number of rotatable bonds is 6. The highest BCUT2D eigenvalue weighted by molar-refractivity contribution is 5.94. The Bertz CT molecular complexity index is 606. The molecule has 1 rings (SSSR count). The van der Waals surface area contributed by atoms with Gasteiger partial charge in [0.05, 0.1) is 4.92 Å². The van der Waals surface area contributed by atoms with Crippen molar-refractivity contribution in [3.05, 3.63) is 33.9 Å². The van der Waals surface area contributed by atoms with Gasteiger partial charge in [0.1, 0.15) is 11.7 Å². The predicted molar refractivity (Wildman–Crippen MR) is 70.1 cm³/mol. The Labute approximate surface area is 113 Å². The number of carboxylic acids is 1. The van der Waals surface area contributed by atoms with Crippen LogP contribution in [0.5, 0.6) is 0 Å². The van der Waals surface area contributed by atoms with Crippen LogP contribution in [0.25, 0.3) is 0 Å². The number of amides is 1. The molecule has 0 bridgehead atoms. The van der Waals surface area contributed by atoms with Gasteiger partial charge in [-0.25, -0.2) is 4.79 Å². The number of terminal acetylenes is 1. The first-order valence-corrected chi connectivity index (χ1v) is 5.38. The van der Waals surface area contributed by atoms with E-state index in [1.165, 1.54) is 12.1 Å². The van der Waals surface area contributed by atoms with Crippen LogP contribution in [0.3, 0.4) is 0 Å². The molecule has 0 aromatic heterocycles. The Morgan fingerprint density at radius 1 is 1.55 bits per heavy atom. The molecule has 20 heavy (non-hydrogen) atoms. The van der Waals surface area contributed by atoms with Gasteiger partial charge in [-0.1, -0.05) is 0 Å². The summed E-state index contributed by atoms with van der Waals surface area (Å²) < 4.78 is 0. The summed E-state index contributed by atoms with van der Waals surface area (Å²) in [6.07, 6.45) is 4.89. The second-order valence-corrected chi connectivity index (χ2v) is 3.80. The van der Waals surface area contributed by atoms with Crippen LogP contribution < -0.4 is 11.1 Å². The van der Waals surface area contributed by atoms with Crippen molar-refractivity contribution < 1.29 is 19.6 Å². The van der Waals surface area contributed by atoms with E-state index >= 15 is 0 Å². The largest absolute Gasteiger partial charge is 0.480 e.